The van der Waals surface area contributed by atoms with Crippen LogP contribution in [0.1, 0.15) is 24.0 Å². The molecule has 25 heavy (non-hydrogen) atoms. The molecule has 1 aromatic carbocycles. The van der Waals surface area contributed by atoms with Crippen LogP contribution in [0.3, 0.4) is 0 Å². The molecule has 138 valence electrons. The molecule has 3 N–H and O–H groups in total. The zero-order valence-corrected chi connectivity index (χ0v) is 13.8. The first-order valence-corrected chi connectivity index (χ1v) is 8.21. The number of nitrogens with zero attached hydrogens (tertiary/aromatic N) is 1. The van der Waals surface area contributed by atoms with Crippen LogP contribution < -0.4 is 11.1 Å². The summed E-state index contributed by atoms with van der Waals surface area (Å²) < 4.78 is 38.8. The lowest BCUT2D eigenvalue weighted by Crippen LogP contribution is -2.46. The summed E-state index contributed by atoms with van der Waals surface area (Å²) >= 11 is 0. The number of carbonyl (C=O) groups is 2. The summed E-state index contributed by atoms with van der Waals surface area (Å²) in [5.74, 6) is -0.908. The topological polar surface area (TPSA) is 75.4 Å². The first kappa shape index (κ1) is 19.2. The molecule has 0 spiro atoms. The SMILES string of the molecule is NC(=O)CN1CCCC(C(=O)NCCc2ccccc2C(F)(F)F)C1. The van der Waals surface area contributed by atoms with Gasteiger partial charge in [-0.25, -0.2) is 0 Å². The van der Waals surface area contributed by atoms with Gasteiger partial charge in [0.25, 0.3) is 0 Å². The van der Waals surface area contributed by atoms with Gasteiger partial charge in [0.2, 0.25) is 11.8 Å². The quantitative estimate of drug-likeness (QED) is 0.811. The molecular formula is C17H22F3N3O2. The second kappa shape index (κ2) is 8.33. The summed E-state index contributed by atoms with van der Waals surface area (Å²) in [6.45, 7) is 1.40. The van der Waals surface area contributed by atoms with Gasteiger partial charge in [0, 0.05) is 13.1 Å². The molecule has 1 unspecified atom stereocenters. The minimum absolute atomic E-state index is 0.110. The Kier molecular flexibility index (Phi) is 6.41. The smallest absolute Gasteiger partial charge is 0.369 e. The van der Waals surface area contributed by atoms with Crippen molar-refractivity contribution >= 4 is 11.8 Å². The van der Waals surface area contributed by atoms with Gasteiger partial charge in [-0.1, -0.05) is 18.2 Å². The zero-order chi connectivity index (χ0) is 18.4. The van der Waals surface area contributed by atoms with Gasteiger partial charge in [-0.2, -0.15) is 13.2 Å². The second-order valence-electron chi connectivity index (χ2n) is 6.24. The van der Waals surface area contributed by atoms with Crippen LogP contribution in [0.4, 0.5) is 13.2 Å². The molecule has 0 radical (unpaired) electrons. The number of primary amides is 1. The Labute approximate surface area is 144 Å². The number of amides is 2. The molecular weight excluding hydrogens is 335 g/mol. The molecule has 2 rings (SSSR count). The maximum atomic E-state index is 12.9. The van der Waals surface area contributed by atoms with Crippen molar-refractivity contribution in [2.45, 2.75) is 25.4 Å². The number of benzene rings is 1. The number of hydrogen-bond donors (Lipinski definition) is 2. The van der Waals surface area contributed by atoms with Gasteiger partial charge in [0.1, 0.15) is 0 Å². The predicted octanol–water partition coefficient (Wildman–Crippen LogP) is 1.56. The van der Waals surface area contributed by atoms with E-state index in [1.807, 2.05) is 4.90 Å². The molecule has 0 aromatic heterocycles. The lowest BCUT2D eigenvalue weighted by molar-refractivity contribution is -0.138. The summed E-state index contributed by atoms with van der Waals surface area (Å²) in [7, 11) is 0. The largest absolute Gasteiger partial charge is 0.416 e. The first-order valence-electron chi connectivity index (χ1n) is 8.21. The van der Waals surface area contributed by atoms with Gasteiger partial charge < -0.3 is 11.1 Å². The lowest BCUT2D eigenvalue weighted by Gasteiger charge is -2.31. The van der Waals surface area contributed by atoms with Gasteiger partial charge in [0.15, 0.2) is 0 Å². The number of halogens is 3. The Balaban J connectivity index is 1.86. The summed E-state index contributed by atoms with van der Waals surface area (Å²) in [5, 5.41) is 2.70. The number of likely N-dealkylation sites (tertiary alicyclic amines) is 1. The minimum Gasteiger partial charge on any atom is -0.369 e. The van der Waals surface area contributed by atoms with E-state index in [4.69, 9.17) is 5.73 Å². The Hall–Kier alpha value is -2.09. The second-order valence-corrected chi connectivity index (χ2v) is 6.24. The number of hydrogen-bond acceptors (Lipinski definition) is 3. The first-order chi connectivity index (χ1) is 11.8. The average Bonchev–Trinajstić information content (AvgIpc) is 2.54. The number of piperidine rings is 1. The third-order valence-electron chi connectivity index (χ3n) is 4.27. The van der Waals surface area contributed by atoms with Crippen molar-refractivity contribution in [1.29, 1.82) is 0 Å². The van der Waals surface area contributed by atoms with Crippen LogP contribution in [0.5, 0.6) is 0 Å². The molecule has 8 heteroatoms. The molecule has 2 amide bonds. The molecule has 1 aromatic rings. The van der Waals surface area contributed by atoms with Gasteiger partial charge in [0.05, 0.1) is 18.0 Å². The van der Waals surface area contributed by atoms with Crippen LogP contribution in [-0.2, 0) is 22.2 Å². The van der Waals surface area contributed by atoms with Crippen molar-refractivity contribution in [3.8, 4) is 0 Å². The van der Waals surface area contributed by atoms with Gasteiger partial charge in [-0.05, 0) is 37.4 Å². The molecule has 1 fully saturated rings. The monoisotopic (exact) mass is 357 g/mol. The highest BCUT2D eigenvalue weighted by Gasteiger charge is 2.32. The number of nitrogens with two attached hydrogens (primary N) is 1. The van der Waals surface area contributed by atoms with E-state index in [0.29, 0.717) is 19.5 Å². The predicted molar refractivity (Wildman–Crippen MR) is 86.5 cm³/mol. The van der Waals surface area contributed by atoms with E-state index in [0.717, 1.165) is 12.5 Å². The molecule has 1 aliphatic rings. The molecule has 1 atom stereocenters. The number of carbonyl (C=O) groups excluding carboxylic acids is 2. The van der Waals surface area contributed by atoms with E-state index in [1.165, 1.54) is 12.1 Å². The summed E-state index contributed by atoms with van der Waals surface area (Å²) in [4.78, 5) is 25.0. The molecule has 0 bridgehead atoms. The molecule has 1 heterocycles. The fraction of sp³-hybridized carbons (Fsp3) is 0.529. The van der Waals surface area contributed by atoms with E-state index in [2.05, 4.69) is 5.32 Å². The highest BCUT2D eigenvalue weighted by atomic mass is 19.4. The van der Waals surface area contributed by atoms with E-state index < -0.39 is 17.6 Å². The van der Waals surface area contributed by atoms with E-state index in [1.54, 1.807) is 6.07 Å². The van der Waals surface area contributed by atoms with Crippen molar-refractivity contribution < 1.29 is 22.8 Å². The van der Waals surface area contributed by atoms with Gasteiger partial charge in [-0.15, -0.1) is 0 Å². The Morgan fingerprint density at radius 3 is 2.68 bits per heavy atom. The van der Waals surface area contributed by atoms with Crippen molar-refractivity contribution in [2.24, 2.45) is 11.7 Å². The Bertz CT molecular complexity index is 619. The minimum atomic E-state index is -4.40. The van der Waals surface area contributed by atoms with Crippen LogP contribution in [0.2, 0.25) is 0 Å². The highest BCUT2D eigenvalue weighted by molar-refractivity contribution is 5.79. The molecule has 0 aliphatic carbocycles. The molecule has 1 aliphatic heterocycles. The Morgan fingerprint density at radius 2 is 2.00 bits per heavy atom. The maximum Gasteiger partial charge on any atom is 0.416 e. The standard InChI is InChI=1S/C17H22F3N3O2/c18-17(19,20)14-6-2-1-4-12(14)7-8-22-16(25)13-5-3-9-23(10-13)11-15(21)24/h1-2,4,6,13H,3,5,7-11H2,(H2,21,24)(H,22,25). The summed E-state index contributed by atoms with van der Waals surface area (Å²) in [5.41, 5.74) is 4.66. The molecule has 5 nitrogen and oxygen atoms in total. The molecule has 1 saturated heterocycles. The Morgan fingerprint density at radius 1 is 1.28 bits per heavy atom. The fourth-order valence-electron chi connectivity index (χ4n) is 3.11. The number of rotatable bonds is 6. The van der Waals surface area contributed by atoms with E-state index in [-0.39, 0.29) is 36.9 Å². The lowest BCUT2D eigenvalue weighted by atomic mass is 9.97. The van der Waals surface area contributed by atoms with Crippen molar-refractivity contribution in [1.82, 2.24) is 10.2 Å². The van der Waals surface area contributed by atoms with Crippen LogP contribution in [-0.4, -0.2) is 42.9 Å². The van der Waals surface area contributed by atoms with Crippen molar-refractivity contribution in [2.75, 3.05) is 26.2 Å². The normalized spacial score (nSPS) is 18.8. The fourth-order valence-corrected chi connectivity index (χ4v) is 3.11. The van der Waals surface area contributed by atoms with Gasteiger partial charge >= 0.3 is 6.18 Å². The van der Waals surface area contributed by atoms with Crippen LogP contribution in [0.25, 0.3) is 0 Å². The zero-order valence-electron chi connectivity index (χ0n) is 13.8. The van der Waals surface area contributed by atoms with Crippen LogP contribution in [0, 0.1) is 5.92 Å². The van der Waals surface area contributed by atoms with Crippen LogP contribution in [0.15, 0.2) is 24.3 Å². The van der Waals surface area contributed by atoms with Crippen molar-refractivity contribution in [3.63, 3.8) is 0 Å². The summed E-state index contributed by atoms with van der Waals surface area (Å²) in [6.07, 6.45) is -2.82. The van der Waals surface area contributed by atoms with E-state index in [9.17, 15) is 22.8 Å². The maximum absolute atomic E-state index is 12.9. The van der Waals surface area contributed by atoms with Crippen molar-refractivity contribution in [3.05, 3.63) is 35.4 Å². The average molecular weight is 357 g/mol. The van der Waals surface area contributed by atoms with E-state index >= 15 is 0 Å². The highest BCUT2D eigenvalue weighted by Crippen LogP contribution is 2.31. The third-order valence-corrected chi connectivity index (χ3v) is 4.27. The van der Waals surface area contributed by atoms with Crippen LogP contribution >= 0.6 is 0 Å². The molecule has 0 saturated carbocycles. The third kappa shape index (κ3) is 5.74. The number of nitrogens with one attached hydrogen (secondary N) is 1. The summed E-state index contributed by atoms with van der Waals surface area (Å²) in [6, 6.07) is 5.36. The van der Waals surface area contributed by atoms with Gasteiger partial charge in [-0.3, -0.25) is 14.5 Å². The number of alkyl halides is 3.